The molecule has 0 amide bonds. The Morgan fingerprint density at radius 3 is 2.05 bits per heavy atom. The van der Waals surface area contributed by atoms with Crippen molar-refractivity contribution in [3.63, 3.8) is 0 Å². The van der Waals surface area contributed by atoms with E-state index in [1.54, 1.807) is 7.11 Å². The summed E-state index contributed by atoms with van der Waals surface area (Å²) in [5.41, 5.74) is 8.73. The molecular weight excluding hydrogens is 266 g/mol. The summed E-state index contributed by atoms with van der Waals surface area (Å²) in [5, 5.41) is 0. The second-order valence-electron chi connectivity index (χ2n) is 4.89. The van der Waals surface area contributed by atoms with Gasteiger partial charge in [-0.1, -0.05) is 12.1 Å². The minimum Gasteiger partial charge on any atom is -0.493 e. The summed E-state index contributed by atoms with van der Waals surface area (Å²) in [5.74, 6) is 2.13. The first-order valence-corrected chi connectivity index (χ1v) is 6.86. The highest BCUT2D eigenvalue weighted by molar-refractivity contribution is 5.53. The van der Waals surface area contributed by atoms with Crippen LogP contribution < -0.4 is 19.9 Å². The third-order valence-electron chi connectivity index (χ3n) is 3.09. The first kappa shape index (κ1) is 15.0. The fourth-order valence-electron chi connectivity index (χ4n) is 1.96. The Balaban J connectivity index is 1.89. The van der Waals surface area contributed by atoms with Crippen LogP contribution in [0.15, 0.2) is 36.4 Å². The van der Waals surface area contributed by atoms with Crippen molar-refractivity contribution in [1.29, 1.82) is 0 Å². The van der Waals surface area contributed by atoms with E-state index < -0.39 is 0 Å². The molecule has 0 aliphatic heterocycles. The molecule has 2 N–H and O–H groups in total. The van der Waals surface area contributed by atoms with Gasteiger partial charge in [-0.2, -0.15) is 0 Å². The minimum absolute atomic E-state index is 0.421. The number of hydrogen-bond acceptors (Lipinski definition) is 4. The molecule has 0 spiro atoms. The first-order valence-electron chi connectivity index (χ1n) is 6.86. The normalized spacial score (nSPS) is 10.2. The van der Waals surface area contributed by atoms with Crippen LogP contribution >= 0.6 is 0 Å². The Labute approximate surface area is 125 Å². The zero-order valence-electron chi connectivity index (χ0n) is 12.7. The second kappa shape index (κ2) is 6.88. The van der Waals surface area contributed by atoms with Crippen LogP contribution in [0.5, 0.6) is 17.2 Å². The number of nitrogens with two attached hydrogens (primary N) is 1. The largest absolute Gasteiger partial charge is 0.493 e. The van der Waals surface area contributed by atoms with E-state index in [4.69, 9.17) is 19.9 Å². The van der Waals surface area contributed by atoms with Gasteiger partial charge in [-0.05, 0) is 49.2 Å². The SMILES string of the molecule is COc1cc(C)ccc1OCCOc1cc(C)ccc1N. The monoisotopic (exact) mass is 287 g/mol. The van der Waals surface area contributed by atoms with Crippen molar-refractivity contribution in [3.8, 4) is 17.2 Å². The van der Waals surface area contributed by atoms with Crippen LogP contribution in [0.4, 0.5) is 5.69 Å². The van der Waals surface area contributed by atoms with Gasteiger partial charge in [-0.15, -0.1) is 0 Å². The number of anilines is 1. The Hall–Kier alpha value is -2.36. The van der Waals surface area contributed by atoms with E-state index in [9.17, 15) is 0 Å². The number of benzene rings is 2. The summed E-state index contributed by atoms with van der Waals surface area (Å²) in [6.07, 6.45) is 0. The van der Waals surface area contributed by atoms with Gasteiger partial charge in [-0.25, -0.2) is 0 Å². The lowest BCUT2D eigenvalue weighted by atomic mass is 10.2. The number of methoxy groups -OCH3 is 1. The molecule has 0 heterocycles. The predicted octanol–water partition coefficient (Wildman–Crippen LogP) is 3.35. The maximum Gasteiger partial charge on any atom is 0.161 e. The fourth-order valence-corrected chi connectivity index (χ4v) is 1.96. The second-order valence-corrected chi connectivity index (χ2v) is 4.89. The molecule has 112 valence electrons. The molecule has 0 unspecified atom stereocenters. The van der Waals surface area contributed by atoms with E-state index >= 15 is 0 Å². The average molecular weight is 287 g/mol. The van der Waals surface area contributed by atoms with Gasteiger partial charge in [0, 0.05) is 0 Å². The van der Waals surface area contributed by atoms with Gasteiger partial charge in [0.25, 0.3) is 0 Å². The van der Waals surface area contributed by atoms with E-state index in [1.807, 2.05) is 50.2 Å². The lowest BCUT2D eigenvalue weighted by Gasteiger charge is -2.13. The predicted molar refractivity (Wildman–Crippen MR) is 84.3 cm³/mol. The topological polar surface area (TPSA) is 53.7 Å². The molecule has 0 aromatic heterocycles. The van der Waals surface area contributed by atoms with Crippen LogP contribution in [0.3, 0.4) is 0 Å². The van der Waals surface area contributed by atoms with Crippen molar-refractivity contribution in [2.24, 2.45) is 0 Å². The summed E-state index contributed by atoms with van der Waals surface area (Å²) >= 11 is 0. The first-order chi connectivity index (χ1) is 10.1. The quantitative estimate of drug-likeness (QED) is 0.654. The smallest absolute Gasteiger partial charge is 0.161 e. The average Bonchev–Trinajstić information content (AvgIpc) is 2.48. The van der Waals surface area contributed by atoms with Crippen LogP contribution in [0.25, 0.3) is 0 Å². The molecule has 0 aliphatic rings. The number of nitrogen functional groups attached to an aromatic ring is 1. The summed E-state index contributed by atoms with van der Waals surface area (Å²) in [4.78, 5) is 0. The van der Waals surface area contributed by atoms with Gasteiger partial charge in [0.15, 0.2) is 11.5 Å². The maximum atomic E-state index is 5.86. The highest BCUT2D eigenvalue weighted by Crippen LogP contribution is 2.28. The molecule has 0 atom stereocenters. The third kappa shape index (κ3) is 4.05. The Morgan fingerprint density at radius 2 is 1.38 bits per heavy atom. The van der Waals surface area contributed by atoms with Crippen LogP contribution in [-0.4, -0.2) is 20.3 Å². The molecule has 21 heavy (non-hydrogen) atoms. The molecule has 0 bridgehead atoms. The number of ether oxygens (including phenoxy) is 3. The number of rotatable bonds is 6. The lowest BCUT2D eigenvalue weighted by molar-refractivity contribution is 0.212. The van der Waals surface area contributed by atoms with E-state index in [2.05, 4.69) is 0 Å². The van der Waals surface area contributed by atoms with Crippen LogP contribution in [0.2, 0.25) is 0 Å². The minimum atomic E-state index is 0.421. The fraction of sp³-hybridized carbons (Fsp3) is 0.294. The van der Waals surface area contributed by atoms with Crippen molar-refractivity contribution < 1.29 is 14.2 Å². The molecule has 2 rings (SSSR count). The highest BCUT2D eigenvalue weighted by atomic mass is 16.5. The van der Waals surface area contributed by atoms with Crippen molar-refractivity contribution in [3.05, 3.63) is 47.5 Å². The molecule has 4 heteroatoms. The van der Waals surface area contributed by atoms with E-state index in [1.165, 1.54) is 0 Å². The molecule has 2 aromatic rings. The lowest BCUT2D eigenvalue weighted by Crippen LogP contribution is -2.10. The van der Waals surface area contributed by atoms with Gasteiger partial charge in [0.2, 0.25) is 0 Å². The van der Waals surface area contributed by atoms with Gasteiger partial charge >= 0.3 is 0 Å². The summed E-state index contributed by atoms with van der Waals surface area (Å²) < 4.78 is 16.6. The summed E-state index contributed by atoms with van der Waals surface area (Å²) in [6, 6.07) is 11.5. The van der Waals surface area contributed by atoms with E-state index in [-0.39, 0.29) is 0 Å². The molecule has 4 nitrogen and oxygen atoms in total. The third-order valence-corrected chi connectivity index (χ3v) is 3.09. The van der Waals surface area contributed by atoms with Crippen molar-refractivity contribution >= 4 is 5.69 Å². The van der Waals surface area contributed by atoms with Crippen molar-refractivity contribution in [2.45, 2.75) is 13.8 Å². The highest BCUT2D eigenvalue weighted by Gasteiger charge is 2.05. The summed E-state index contributed by atoms with van der Waals surface area (Å²) in [7, 11) is 1.63. The molecule has 0 radical (unpaired) electrons. The zero-order valence-corrected chi connectivity index (χ0v) is 12.7. The van der Waals surface area contributed by atoms with Gasteiger partial charge in [0.05, 0.1) is 12.8 Å². The number of hydrogen-bond donors (Lipinski definition) is 1. The van der Waals surface area contributed by atoms with Crippen LogP contribution in [0.1, 0.15) is 11.1 Å². The maximum absolute atomic E-state index is 5.86. The van der Waals surface area contributed by atoms with Crippen LogP contribution in [0, 0.1) is 13.8 Å². The van der Waals surface area contributed by atoms with Crippen molar-refractivity contribution in [1.82, 2.24) is 0 Å². The van der Waals surface area contributed by atoms with Gasteiger partial charge in [0.1, 0.15) is 19.0 Å². The number of aryl methyl sites for hydroxylation is 2. The van der Waals surface area contributed by atoms with Crippen LogP contribution in [-0.2, 0) is 0 Å². The molecule has 0 aliphatic carbocycles. The molecule has 0 fully saturated rings. The Bertz CT molecular complexity index is 611. The van der Waals surface area contributed by atoms with E-state index in [0.717, 1.165) is 16.9 Å². The van der Waals surface area contributed by atoms with Gasteiger partial charge < -0.3 is 19.9 Å². The zero-order chi connectivity index (χ0) is 15.2. The van der Waals surface area contributed by atoms with E-state index in [0.29, 0.717) is 30.4 Å². The summed E-state index contributed by atoms with van der Waals surface area (Å²) in [6.45, 7) is 4.85. The molecular formula is C17H21NO3. The molecule has 2 aromatic carbocycles. The Morgan fingerprint density at radius 1 is 0.810 bits per heavy atom. The standard InChI is InChI=1S/C17H21NO3/c1-12-4-6-14(18)16(10-12)21-9-8-20-15-7-5-13(2)11-17(15)19-3/h4-7,10-11H,8-9,18H2,1-3H3. The molecule has 0 saturated heterocycles. The van der Waals surface area contributed by atoms with Gasteiger partial charge in [-0.3, -0.25) is 0 Å². The molecule has 0 saturated carbocycles. The Kier molecular flexibility index (Phi) is 4.93. The van der Waals surface area contributed by atoms with Crippen molar-refractivity contribution in [2.75, 3.05) is 26.1 Å².